The van der Waals surface area contributed by atoms with Crippen molar-refractivity contribution in [1.29, 1.82) is 0 Å². The number of rotatable bonds is 7. The molecule has 0 amide bonds. The summed E-state index contributed by atoms with van der Waals surface area (Å²) in [6.07, 6.45) is 0. The Bertz CT molecular complexity index is 2900. The van der Waals surface area contributed by atoms with Gasteiger partial charge < -0.3 is 9.32 Å². The predicted molar refractivity (Wildman–Crippen MR) is 225 cm³/mol. The van der Waals surface area contributed by atoms with Crippen molar-refractivity contribution in [2.24, 2.45) is 0 Å². The highest BCUT2D eigenvalue weighted by atomic mass is 16.3. The molecule has 0 saturated heterocycles. The van der Waals surface area contributed by atoms with Crippen LogP contribution in [0.25, 0.3) is 77.5 Å². The first kappa shape index (κ1) is 31.5. The average molecular weight is 691 g/mol. The molecule has 54 heavy (non-hydrogen) atoms. The molecule has 0 bridgehead atoms. The minimum atomic E-state index is 0.617. The van der Waals surface area contributed by atoms with Crippen molar-refractivity contribution < 1.29 is 4.42 Å². The maximum absolute atomic E-state index is 6.51. The number of oxazole rings is 1. The SMILES string of the molecule is c1ccc(-c2ccc(-c3nc4cc(-c5ccc(N(c6ccccc6)c6cc(-c7ccccc7)c7ccccc7c6)cc5)c5ccccc5c4o3)cc2)cc1. The summed E-state index contributed by atoms with van der Waals surface area (Å²) in [6.45, 7) is 0. The second-order valence-corrected chi connectivity index (χ2v) is 13.6. The van der Waals surface area contributed by atoms with Crippen LogP contribution < -0.4 is 4.90 Å². The van der Waals surface area contributed by atoms with E-state index in [1.807, 2.05) is 6.07 Å². The molecule has 10 aromatic rings. The van der Waals surface area contributed by atoms with Crippen molar-refractivity contribution in [3.8, 4) is 44.8 Å². The van der Waals surface area contributed by atoms with Crippen molar-refractivity contribution in [1.82, 2.24) is 4.98 Å². The van der Waals surface area contributed by atoms with Gasteiger partial charge in [0.2, 0.25) is 5.89 Å². The number of hydrogen-bond donors (Lipinski definition) is 0. The van der Waals surface area contributed by atoms with Gasteiger partial charge in [-0.15, -0.1) is 0 Å². The van der Waals surface area contributed by atoms with E-state index in [9.17, 15) is 0 Å². The first-order chi connectivity index (χ1) is 26.8. The van der Waals surface area contributed by atoms with E-state index in [1.54, 1.807) is 0 Å². The van der Waals surface area contributed by atoms with Crippen molar-refractivity contribution in [3.05, 3.63) is 206 Å². The Kier molecular flexibility index (Phi) is 7.81. The molecule has 0 N–H and O–H groups in total. The molecule has 0 fully saturated rings. The minimum Gasteiger partial charge on any atom is -0.435 e. The lowest BCUT2D eigenvalue weighted by Gasteiger charge is -2.27. The number of benzene rings is 9. The van der Waals surface area contributed by atoms with Crippen molar-refractivity contribution in [2.45, 2.75) is 0 Å². The van der Waals surface area contributed by atoms with E-state index in [0.29, 0.717) is 5.89 Å². The van der Waals surface area contributed by atoms with Gasteiger partial charge >= 0.3 is 0 Å². The molecule has 0 spiro atoms. The summed E-state index contributed by atoms with van der Waals surface area (Å²) in [5, 5.41) is 4.61. The Morgan fingerprint density at radius 2 is 0.852 bits per heavy atom. The van der Waals surface area contributed by atoms with Gasteiger partial charge in [0.1, 0.15) is 5.52 Å². The summed E-state index contributed by atoms with van der Waals surface area (Å²) < 4.78 is 6.51. The monoisotopic (exact) mass is 690 g/mol. The maximum Gasteiger partial charge on any atom is 0.227 e. The van der Waals surface area contributed by atoms with E-state index in [0.717, 1.165) is 61.2 Å². The van der Waals surface area contributed by atoms with Crippen LogP contribution in [0.15, 0.2) is 211 Å². The number of aromatic nitrogens is 1. The second-order valence-electron chi connectivity index (χ2n) is 13.6. The number of para-hydroxylation sites is 1. The molecule has 9 aromatic carbocycles. The van der Waals surface area contributed by atoms with E-state index in [4.69, 9.17) is 9.40 Å². The molecule has 254 valence electrons. The van der Waals surface area contributed by atoms with E-state index in [1.165, 1.54) is 27.5 Å². The molecule has 0 aliphatic carbocycles. The lowest BCUT2D eigenvalue weighted by molar-refractivity contribution is 0.623. The van der Waals surface area contributed by atoms with Crippen LogP contribution in [0.3, 0.4) is 0 Å². The largest absolute Gasteiger partial charge is 0.435 e. The maximum atomic E-state index is 6.51. The summed E-state index contributed by atoms with van der Waals surface area (Å²) in [5.41, 5.74) is 12.8. The number of anilines is 3. The zero-order valence-electron chi connectivity index (χ0n) is 29.4. The van der Waals surface area contributed by atoms with Crippen molar-refractivity contribution in [2.75, 3.05) is 4.90 Å². The molecule has 0 radical (unpaired) electrons. The van der Waals surface area contributed by atoms with Crippen LogP contribution in [0.4, 0.5) is 17.1 Å². The van der Waals surface area contributed by atoms with Crippen LogP contribution in [-0.4, -0.2) is 4.98 Å². The Balaban J connectivity index is 1.06. The molecule has 0 atom stereocenters. The Labute approximate surface area is 314 Å². The first-order valence-electron chi connectivity index (χ1n) is 18.3. The minimum absolute atomic E-state index is 0.617. The van der Waals surface area contributed by atoms with E-state index < -0.39 is 0 Å². The molecule has 3 nitrogen and oxygen atoms in total. The van der Waals surface area contributed by atoms with Gasteiger partial charge in [-0.2, -0.15) is 0 Å². The van der Waals surface area contributed by atoms with E-state index >= 15 is 0 Å². The highest BCUT2D eigenvalue weighted by Crippen LogP contribution is 2.42. The second kappa shape index (κ2) is 13.4. The summed E-state index contributed by atoms with van der Waals surface area (Å²) in [4.78, 5) is 7.37. The third kappa shape index (κ3) is 5.69. The van der Waals surface area contributed by atoms with E-state index in [2.05, 4.69) is 205 Å². The first-order valence-corrected chi connectivity index (χ1v) is 18.3. The summed E-state index contributed by atoms with van der Waals surface area (Å²) in [5.74, 6) is 0.617. The van der Waals surface area contributed by atoms with Crippen LogP contribution in [0.1, 0.15) is 0 Å². The van der Waals surface area contributed by atoms with Gasteiger partial charge in [0.15, 0.2) is 5.58 Å². The fraction of sp³-hybridized carbons (Fsp3) is 0. The molecule has 10 rings (SSSR count). The number of hydrogen-bond acceptors (Lipinski definition) is 3. The standard InChI is InChI=1S/C51H34N2O/c1-4-14-35(15-5-1)36-24-26-39(27-25-36)51-52-49-34-48(45-22-12-13-23-46(45)50(49)54-51)38-28-30-42(31-29-38)53(41-19-8-3-9-20-41)43-32-40-18-10-11-21-44(40)47(33-43)37-16-6-2-7-17-37/h1-34H. The van der Waals surface area contributed by atoms with Crippen molar-refractivity contribution >= 4 is 49.7 Å². The van der Waals surface area contributed by atoms with Gasteiger partial charge in [0.25, 0.3) is 0 Å². The zero-order valence-corrected chi connectivity index (χ0v) is 29.4. The fourth-order valence-electron chi connectivity index (χ4n) is 7.65. The molecule has 0 unspecified atom stereocenters. The fourth-order valence-corrected chi connectivity index (χ4v) is 7.65. The molecule has 1 aromatic heterocycles. The Morgan fingerprint density at radius 1 is 0.352 bits per heavy atom. The summed E-state index contributed by atoms with van der Waals surface area (Å²) in [6, 6.07) is 72.9. The van der Waals surface area contributed by atoms with Crippen LogP contribution in [0.5, 0.6) is 0 Å². The van der Waals surface area contributed by atoms with Crippen LogP contribution in [0, 0.1) is 0 Å². The molecule has 0 aliphatic heterocycles. The average Bonchev–Trinajstić information content (AvgIpc) is 3.69. The third-order valence-corrected chi connectivity index (χ3v) is 10.3. The highest BCUT2D eigenvalue weighted by molar-refractivity contribution is 6.11. The quantitative estimate of drug-likeness (QED) is 0.167. The molecular formula is C51H34N2O. The lowest BCUT2D eigenvalue weighted by atomic mass is 9.96. The number of fused-ring (bicyclic) bond motifs is 4. The smallest absolute Gasteiger partial charge is 0.227 e. The summed E-state index contributed by atoms with van der Waals surface area (Å²) >= 11 is 0. The van der Waals surface area contributed by atoms with Gasteiger partial charge in [-0.25, -0.2) is 4.98 Å². The topological polar surface area (TPSA) is 29.3 Å². The van der Waals surface area contributed by atoms with Gasteiger partial charge in [0, 0.05) is 28.0 Å². The highest BCUT2D eigenvalue weighted by Gasteiger charge is 2.18. The Morgan fingerprint density at radius 3 is 1.57 bits per heavy atom. The molecular weight excluding hydrogens is 657 g/mol. The van der Waals surface area contributed by atoms with Gasteiger partial charge in [-0.3, -0.25) is 0 Å². The normalized spacial score (nSPS) is 11.3. The summed E-state index contributed by atoms with van der Waals surface area (Å²) in [7, 11) is 0. The van der Waals surface area contributed by atoms with Crippen LogP contribution in [-0.2, 0) is 0 Å². The number of nitrogens with zero attached hydrogens (tertiary/aromatic N) is 2. The van der Waals surface area contributed by atoms with Crippen molar-refractivity contribution in [3.63, 3.8) is 0 Å². The van der Waals surface area contributed by atoms with Gasteiger partial charge in [-0.1, -0.05) is 152 Å². The lowest BCUT2D eigenvalue weighted by Crippen LogP contribution is -2.10. The van der Waals surface area contributed by atoms with Crippen LogP contribution >= 0.6 is 0 Å². The third-order valence-electron chi connectivity index (χ3n) is 10.3. The van der Waals surface area contributed by atoms with E-state index in [-0.39, 0.29) is 0 Å². The van der Waals surface area contributed by atoms with Crippen LogP contribution in [0.2, 0.25) is 0 Å². The molecule has 0 aliphatic rings. The zero-order chi connectivity index (χ0) is 35.8. The Hall–Kier alpha value is -7.23. The predicted octanol–water partition coefficient (Wildman–Crippen LogP) is 14.3. The molecule has 3 heteroatoms. The van der Waals surface area contributed by atoms with Gasteiger partial charge in [0.05, 0.1) is 0 Å². The molecule has 0 saturated carbocycles. The molecule has 1 heterocycles. The van der Waals surface area contributed by atoms with Gasteiger partial charge in [-0.05, 0) is 104 Å².